The maximum atomic E-state index is 13.4. The van der Waals surface area contributed by atoms with E-state index in [0.717, 1.165) is 47.8 Å². The predicted molar refractivity (Wildman–Crippen MR) is 98.6 cm³/mol. The highest BCUT2D eigenvalue weighted by molar-refractivity contribution is 6.00. The second-order valence-electron chi connectivity index (χ2n) is 7.40. The minimum absolute atomic E-state index is 0.00592. The number of para-hydroxylation sites is 1. The van der Waals surface area contributed by atoms with Crippen LogP contribution in [0.5, 0.6) is 0 Å². The number of hydrogen-bond donors (Lipinski definition) is 2. The van der Waals surface area contributed by atoms with Crippen LogP contribution in [0.15, 0.2) is 24.3 Å². The van der Waals surface area contributed by atoms with Gasteiger partial charge in [-0.3, -0.25) is 9.59 Å². The van der Waals surface area contributed by atoms with E-state index in [2.05, 4.69) is 11.1 Å². The molecule has 6 heteroatoms. The molecule has 6 nitrogen and oxygen atoms in total. The first-order valence-electron chi connectivity index (χ1n) is 9.38. The molecule has 3 heterocycles. The van der Waals surface area contributed by atoms with Gasteiger partial charge in [0.05, 0.1) is 12.2 Å². The Bertz CT molecular complexity index is 859. The van der Waals surface area contributed by atoms with Gasteiger partial charge in [-0.15, -0.1) is 0 Å². The van der Waals surface area contributed by atoms with Crippen LogP contribution < -0.4 is 0 Å². The number of H-pyrrole nitrogens is 1. The van der Waals surface area contributed by atoms with Crippen molar-refractivity contribution in [3.8, 4) is 0 Å². The van der Waals surface area contributed by atoms with Gasteiger partial charge in [0.2, 0.25) is 5.91 Å². The third-order valence-corrected chi connectivity index (χ3v) is 5.84. The molecule has 2 aromatic rings. The third-order valence-electron chi connectivity index (χ3n) is 5.84. The second kappa shape index (κ2) is 6.43. The van der Waals surface area contributed by atoms with Gasteiger partial charge in [-0.05, 0) is 44.2 Å². The molecule has 1 fully saturated rings. The third kappa shape index (κ3) is 2.43. The molecule has 26 heavy (non-hydrogen) atoms. The molecule has 4 rings (SSSR count). The molecule has 0 aliphatic carbocycles. The van der Waals surface area contributed by atoms with Gasteiger partial charge < -0.3 is 19.9 Å². The van der Waals surface area contributed by atoms with Crippen molar-refractivity contribution >= 4 is 22.7 Å². The number of nitrogens with zero attached hydrogens (tertiary/aromatic N) is 2. The molecule has 0 saturated carbocycles. The van der Waals surface area contributed by atoms with Crippen LogP contribution >= 0.6 is 0 Å². The van der Waals surface area contributed by atoms with Crippen molar-refractivity contribution < 1.29 is 14.7 Å². The summed E-state index contributed by atoms with van der Waals surface area (Å²) in [5.74, 6) is 0.00664. The van der Waals surface area contributed by atoms with E-state index in [1.165, 1.54) is 0 Å². The Kier molecular flexibility index (Phi) is 4.23. The van der Waals surface area contributed by atoms with Crippen LogP contribution in [0, 0.1) is 0 Å². The van der Waals surface area contributed by atoms with E-state index in [0.29, 0.717) is 13.1 Å². The molecule has 2 amide bonds. The molecule has 0 spiro atoms. The fourth-order valence-corrected chi connectivity index (χ4v) is 4.45. The lowest BCUT2D eigenvalue weighted by molar-refractivity contribution is -0.166. The molecular formula is C20H25N3O3. The van der Waals surface area contributed by atoms with Crippen LogP contribution in [0.25, 0.3) is 10.9 Å². The van der Waals surface area contributed by atoms with Crippen molar-refractivity contribution in [2.24, 2.45) is 0 Å². The minimum atomic E-state index is -0.959. The summed E-state index contributed by atoms with van der Waals surface area (Å²) in [4.78, 5) is 33.0. The van der Waals surface area contributed by atoms with E-state index < -0.39 is 5.54 Å². The van der Waals surface area contributed by atoms with Crippen LogP contribution in [0.2, 0.25) is 0 Å². The minimum Gasteiger partial charge on any atom is -0.396 e. The molecule has 1 unspecified atom stereocenters. The number of amides is 2. The van der Waals surface area contributed by atoms with Crippen molar-refractivity contribution in [3.63, 3.8) is 0 Å². The Morgan fingerprint density at radius 3 is 2.81 bits per heavy atom. The van der Waals surface area contributed by atoms with Gasteiger partial charge >= 0.3 is 0 Å². The largest absolute Gasteiger partial charge is 0.396 e. The molecule has 138 valence electrons. The van der Waals surface area contributed by atoms with Gasteiger partial charge in [-0.2, -0.15) is 0 Å². The zero-order valence-electron chi connectivity index (χ0n) is 15.1. The highest BCUT2D eigenvalue weighted by atomic mass is 16.3. The maximum Gasteiger partial charge on any atom is 0.254 e. The second-order valence-corrected chi connectivity index (χ2v) is 7.40. The molecule has 1 saturated heterocycles. The molecular weight excluding hydrogens is 330 g/mol. The first-order valence-corrected chi connectivity index (χ1v) is 9.38. The van der Waals surface area contributed by atoms with Crippen molar-refractivity contribution in [1.82, 2.24) is 14.8 Å². The van der Waals surface area contributed by atoms with Gasteiger partial charge in [0.1, 0.15) is 0 Å². The number of benzene rings is 1. The summed E-state index contributed by atoms with van der Waals surface area (Å²) in [5.41, 5.74) is 2.07. The topological polar surface area (TPSA) is 76.6 Å². The number of unbranched alkanes of at least 4 members (excludes halogenated alkanes) is 2. The van der Waals surface area contributed by atoms with Gasteiger partial charge in [0.25, 0.3) is 5.91 Å². The van der Waals surface area contributed by atoms with Crippen LogP contribution in [0.1, 0.15) is 37.4 Å². The predicted octanol–water partition coefficient (Wildman–Crippen LogP) is 1.77. The Balaban J connectivity index is 1.71. The van der Waals surface area contributed by atoms with Crippen LogP contribution in [0.4, 0.5) is 0 Å². The van der Waals surface area contributed by atoms with Gasteiger partial charge in [-0.1, -0.05) is 18.2 Å². The zero-order chi connectivity index (χ0) is 18.3. The number of hydrogen-bond acceptors (Lipinski definition) is 3. The molecule has 2 N–H and O–H groups in total. The number of aliphatic hydroxyl groups is 1. The quantitative estimate of drug-likeness (QED) is 0.803. The zero-order valence-corrected chi connectivity index (χ0v) is 15.1. The fraction of sp³-hybridized carbons (Fsp3) is 0.500. The first kappa shape index (κ1) is 17.1. The summed E-state index contributed by atoms with van der Waals surface area (Å²) in [7, 11) is 0. The van der Waals surface area contributed by atoms with Crippen molar-refractivity contribution in [2.45, 2.75) is 38.1 Å². The molecule has 1 aromatic carbocycles. The van der Waals surface area contributed by atoms with Gasteiger partial charge in [0.15, 0.2) is 5.54 Å². The van der Waals surface area contributed by atoms with E-state index in [1.807, 2.05) is 25.1 Å². The molecule has 1 aromatic heterocycles. The molecule has 2 aliphatic rings. The average Bonchev–Trinajstić information content (AvgIpc) is 3.03. The van der Waals surface area contributed by atoms with E-state index in [-0.39, 0.29) is 25.0 Å². The summed E-state index contributed by atoms with van der Waals surface area (Å²) in [6, 6.07) is 8.08. The van der Waals surface area contributed by atoms with Gasteiger partial charge in [-0.25, -0.2) is 0 Å². The SMILES string of the molecule is CC12C(=O)N(CCCCCO)CC(=O)N1CCc1c2[nH]c2ccccc12. The highest BCUT2D eigenvalue weighted by Crippen LogP contribution is 2.41. The lowest BCUT2D eigenvalue weighted by Gasteiger charge is -2.49. The highest BCUT2D eigenvalue weighted by Gasteiger charge is 2.53. The van der Waals surface area contributed by atoms with E-state index in [1.54, 1.807) is 9.80 Å². The van der Waals surface area contributed by atoms with Crippen molar-refractivity contribution in [3.05, 3.63) is 35.5 Å². The number of rotatable bonds is 5. The molecule has 2 aliphatic heterocycles. The number of aromatic amines is 1. The lowest BCUT2D eigenvalue weighted by Crippen LogP contribution is -2.67. The number of carbonyl (C=O) groups is 2. The maximum absolute atomic E-state index is 13.4. The smallest absolute Gasteiger partial charge is 0.254 e. The number of fused-ring (bicyclic) bond motifs is 5. The Hall–Kier alpha value is -2.34. The standard InChI is InChI=1S/C20H25N3O3/c1-20-18-15(14-7-3-4-8-16(14)21-18)9-11-23(20)17(25)13-22(19(20)26)10-5-2-6-12-24/h3-4,7-8,21,24H,2,5-6,9-13H2,1H3. The van der Waals surface area contributed by atoms with Gasteiger partial charge in [0, 0.05) is 30.6 Å². The summed E-state index contributed by atoms with van der Waals surface area (Å²) in [6.45, 7) is 3.33. The Morgan fingerprint density at radius 1 is 1.19 bits per heavy atom. The molecule has 0 radical (unpaired) electrons. The summed E-state index contributed by atoms with van der Waals surface area (Å²) in [6.07, 6.45) is 3.15. The Labute approximate surface area is 152 Å². The van der Waals surface area contributed by atoms with Crippen molar-refractivity contribution in [1.29, 1.82) is 0 Å². The monoisotopic (exact) mass is 355 g/mol. The summed E-state index contributed by atoms with van der Waals surface area (Å²) in [5, 5.41) is 10.1. The fourth-order valence-electron chi connectivity index (χ4n) is 4.45. The summed E-state index contributed by atoms with van der Waals surface area (Å²) >= 11 is 0. The van der Waals surface area contributed by atoms with E-state index >= 15 is 0 Å². The van der Waals surface area contributed by atoms with E-state index in [4.69, 9.17) is 5.11 Å². The number of carbonyl (C=O) groups excluding carboxylic acids is 2. The normalized spacial score (nSPS) is 22.7. The number of piperazine rings is 1. The number of nitrogens with one attached hydrogen (secondary N) is 1. The number of aliphatic hydroxyl groups excluding tert-OH is 1. The lowest BCUT2D eigenvalue weighted by atomic mass is 9.83. The van der Waals surface area contributed by atoms with Crippen LogP contribution in [-0.2, 0) is 21.5 Å². The summed E-state index contributed by atoms with van der Waals surface area (Å²) < 4.78 is 0. The average molecular weight is 355 g/mol. The van der Waals surface area contributed by atoms with E-state index in [9.17, 15) is 9.59 Å². The van der Waals surface area contributed by atoms with Crippen LogP contribution in [0.3, 0.4) is 0 Å². The number of aromatic nitrogens is 1. The Morgan fingerprint density at radius 2 is 2.00 bits per heavy atom. The molecule has 0 bridgehead atoms. The first-order chi connectivity index (χ1) is 12.6. The van der Waals surface area contributed by atoms with Crippen LogP contribution in [-0.4, -0.2) is 57.9 Å². The van der Waals surface area contributed by atoms with Crippen molar-refractivity contribution in [2.75, 3.05) is 26.2 Å². The molecule has 1 atom stereocenters.